The van der Waals surface area contributed by atoms with Crippen LogP contribution in [0.3, 0.4) is 0 Å². The molecule has 0 radical (unpaired) electrons. The zero-order chi connectivity index (χ0) is 16.0. The number of aryl methyl sites for hydroxylation is 1. The summed E-state index contributed by atoms with van der Waals surface area (Å²) in [6.45, 7) is 8.65. The average molecular weight is 294 g/mol. The molecule has 1 atom stereocenters. The van der Waals surface area contributed by atoms with E-state index in [1.54, 1.807) is 11.1 Å². The fourth-order valence-corrected chi connectivity index (χ4v) is 3.09. The van der Waals surface area contributed by atoms with Crippen LogP contribution in [0.2, 0.25) is 0 Å². The normalized spacial score (nSPS) is 19.9. The molecule has 0 saturated heterocycles. The molecule has 1 unspecified atom stereocenters. The Hall–Kier alpha value is -1.56. The molecule has 2 aliphatic carbocycles. The largest absolute Gasteiger partial charge is 0.0683 e. The van der Waals surface area contributed by atoms with Crippen molar-refractivity contribution < 1.29 is 0 Å². The van der Waals surface area contributed by atoms with Gasteiger partial charge in [-0.2, -0.15) is 0 Å². The van der Waals surface area contributed by atoms with Gasteiger partial charge in [-0.3, -0.25) is 0 Å². The van der Waals surface area contributed by atoms with E-state index in [9.17, 15) is 0 Å². The highest BCUT2D eigenvalue weighted by Crippen LogP contribution is 2.47. The Morgan fingerprint density at radius 1 is 0.864 bits per heavy atom. The lowest BCUT2D eigenvalue weighted by atomic mass is 9.99. The van der Waals surface area contributed by atoms with Crippen LogP contribution < -0.4 is 0 Å². The Labute approximate surface area is 136 Å². The second-order valence-electron chi connectivity index (χ2n) is 6.57. The van der Waals surface area contributed by atoms with Gasteiger partial charge in [0, 0.05) is 0 Å². The third kappa shape index (κ3) is 4.00. The molecule has 2 aliphatic rings. The molecule has 0 bridgehead atoms. The highest BCUT2D eigenvalue weighted by Gasteiger charge is 2.38. The van der Waals surface area contributed by atoms with E-state index in [0.717, 1.165) is 5.92 Å². The van der Waals surface area contributed by atoms with Crippen LogP contribution in [0.25, 0.3) is 0 Å². The fourth-order valence-electron chi connectivity index (χ4n) is 3.09. The van der Waals surface area contributed by atoms with Crippen molar-refractivity contribution in [3.63, 3.8) is 0 Å². The monoisotopic (exact) mass is 294 g/mol. The Kier molecular flexibility index (Phi) is 5.83. The zero-order valence-electron chi connectivity index (χ0n) is 14.6. The maximum absolute atomic E-state index is 2.34. The smallest absolute Gasteiger partial charge is 0.00746 e. The zero-order valence-corrected chi connectivity index (χ0v) is 14.6. The van der Waals surface area contributed by atoms with Gasteiger partial charge in [0.1, 0.15) is 0 Å². The van der Waals surface area contributed by atoms with E-state index in [4.69, 9.17) is 0 Å². The van der Waals surface area contributed by atoms with E-state index in [1.165, 1.54) is 31.2 Å². The first-order valence-electron chi connectivity index (χ1n) is 8.82. The summed E-state index contributed by atoms with van der Waals surface area (Å²) in [5, 5.41) is 0. The van der Waals surface area contributed by atoms with Crippen molar-refractivity contribution in [1.29, 1.82) is 0 Å². The molecule has 2 aromatic rings. The predicted octanol–water partition coefficient (Wildman–Crippen LogP) is 6.50. The van der Waals surface area contributed by atoms with Gasteiger partial charge < -0.3 is 0 Å². The lowest BCUT2D eigenvalue weighted by molar-refractivity contribution is 0.747. The molecular formula is C22H30. The minimum absolute atomic E-state index is 0.543. The minimum atomic E-state index is 0.543. The molecule has 0 heteroatoms. The minimum Gasteiger partial charge on any atom is -0.0683 e. The Morgan fingerprint density at radius 2 is 1.45 bits per heavy atom. The Morgan fingerprint density at radius 3 is 2.05 bits per heavy atom. The summed E-state index contributed by atoms with van der Waals surface area (Å²) in [7, 11) is 0. The van der Waals surface area contributed by atoms with E-state index in [0.29, 0.717) is 5.41 Å². The van der Waals surface area contributed by atoms with Crippen molar-refractivity contribution in [2.75, 3.05) is 0 Å². The van der Waals surface area contributed by atoms with Gasteiger partial charge in [0.05, 0.1) is 0 Å². The molecule has 2 aromatic carbocycles. The van der Waals surface area contributed by atoms with Crippen LogP contribution in [-0.2, 0) is 11.8 Å². The van der Waals surface area contributed by atoms with Crippen LogP contribution in [0.1, 0.15) is 69.6 Å². The average Bonchev–Trinajstić information content (AvgIpc) is 3.24. The van der Waals surface area contributed by atoms with Crippen molar-refractivity contribution in [3.8, 4) is 0 Å². The summed E-state index contributed by atoms with van der Waals surface area (Å²) < 4.78 is 0. The van der Waals surface area contributed by atoms with Crippen LogP contribution in [0.15, 0.2) is 54.6 Å². The molecular weight excluding hydrogens is 264 g/mol. The maximum atomic E-state index is 2.34. The summed E-state index contributed by atoms with van der Waals surface area (Å²) in [6, 6.07) is 19.6. The van der Waals surface area contributed by atoms with Crippen molar-refractivity contribution >= 4 is 0 Å². The molecule has 22 heavy (non-hydrogen) atoms. The van der Waals surface area contributed by atoms with E-state index in [1.807, 2.05) is 13.8 Å². The van der Waals surface area contributed by atoms with Gasteiger partial charge in [-0.1, -0.05) is 82.3 Å². The first kappa shape index (κ1) is 16.8. The van der Waals surface area contributed by atoms with Crippen molar-refractivity contribution in [2.24, 2.45) is 0 Å². The second kappa shape index (κ2) is 7.63. The molecule has 0 aromatic heterocycles. The van der Waals surface area contributed by atoms with Crippen LogP contribution in [-0.4, -0.2) is 0 Å². The van der Waals surface area contributed by atoms with Crippen LogP contribution in [0.4, 0.5) is 0 Å². The van der Waals surface area contributed by atoms with Crippen molar-refractivity contribution in [3.05, 3.63) is 71.3 Å². The molecule has 1 fully saturated rings. The summed E-state index contributed by atoms with van der Waals surface area (Å²) in [5.41, 5.74) is 5.19. The molecule has 0 spiro atoms. The maximum Gasteiger partial charge on any atom is -0.00746 e. The molecule has 0 amide bonds. The highest BCUT2D eigenvalue weighted by molar-refractivity contribution is 5.34. The molecule has 0 nitrogen and oxygen atoms in total. The Bertz CT molecular complexity index is 564. The number of rotatable bonds is 1. The first-order chi connectivity index (χ1) is 10.7. The van der Waals surface area contributed by atoms with Gasteiger partial charge in [-0.05, 0) is 53.7 Å². The van der Waals surface area contributed by atoms with E-state index in [2.05, 4.69) is 68.4 Å². The van der Waals surface area contributed by atoms with E-state index in [-0.39, 0.29) is 0 Å². The molecule has 0 aliphatic heterocycles. The van der Waals surface area contributed by atoms with Gasteiger partial charge in [0.25, 0.3) is 0 Å². The second-order valence-corrected chi connectivity index (χ2v) is 6.57. The molecule has 0 heterocycles. The topological polar surface area (TPSA) is 0 Å². The van der Waals surface area contributed by atoms with Crippen molar-refractivity contribution in [2.45, 2.75) is 64.7 Å². The summed E-state index contributed by atoms with van der Waals surface area (Å²) in [5.74, 6) is 0.802. The quantitative estimate of drug-likeness (QED) is 0.563. The summed E-state index contributed by atoms with van der Waals surface area (Å²) >= 11 is 0. The highest BCUT2D eigenvalue weighted by atomic mass is 14.4. The number of hydrogen-bond donors (Lipinski definition) is 0. The lowest BCUT2D eigenvalue weighted by Gasteiger charge is -2.06. The summed E-state index contributed by atoms with van der Waals surface area (Å²) in [6.07, 6.45) is 5.38. The number of fused-ring (bicyclic) bond motifs is 1. The third-order valence-corrected chi connectivity index (χ3v) is 4.90. The van der Waals surface area contributed by atoms with Gasteiger partial charge in [0.2, 0.25) is 0 Å². The first-order valence-corrected chi connectivity index (χ1v) is 8.82. The number of hydrogen-bond acceptors (Lipinski definition) is 0. The lowest BCUT2D eigenvalue weighted by Crippen LogP contribution is -1.97. The van der Waals surface area contributed by atoms with Crippen molar-refractivity contribution in [1.82, 2.24) is 0 Å². The van der Waals surface area contributed by atoms with Gasteiger partial charge in [0.15, 0.2) is 0 Å². The molecule has 0 N–H and O–H groups in total. The molecule has 1 saturated carbocycles. The van der Waals surface area contributed by atoms with E-state index < -0.39 is 0 Å². The van der Waals surface area contributed by atoms with Crippen LogP contribution in [0, 0.1) is 0 Å². The SMILES string of the molecule is CC.CC1(c2ccccc2)CC1.CC1CCc2ccccc21. The standard InChI is InChI=1S/2C10H12.C2H6/c1-8-6-7-9-4-2-3-5-10(8)9;1-10(7-8-10)9-5-3-2-4-6-9;1-2/h2-5,8H,6-7H2,1H3;2-6H,7-8H2,1H3;1-2H3. The third-order valence-electron chi connectivity index (χ3n) is 4.90. The van der Waals surface area contributed by atoms with Gasteiger partial charge in [-0.15, -0.1) is 0 Å². The van der Waals surface area contributed by atoms with Gasteiger partial charge in [-0.25, -0.2) is 0 Å². The predicted molar refractivity (Wildman–Crippen MR) is 97.6 cm³/mol. The van der Waals surface area contributed by atoms with Crippen LogP contribution in [0.5, 0.6) is 0 Å². The molecule has 118 valence electrons. The van der Waals surface area contributed by atoms with Gasteiger partial charge >= 0.3 is 0 Å². The van der Waals surface area contributed by atoms with Crippen LogP contribution >= 0.6 is 0 Å². The fraction of sp³-hybridized carbons (Fsp3) is 0.455. The molecule has 4 rings (SSSR count). The summed E-state index contributed by atoms with van der Waals surface area (Å²) in [4.78, 5) is 0. The Balaban J connectivity index is 0.000000144. The van der Waals surface area contributed by atoms with E-state index >= 15 is 0 Å². The number of benzene rings is 2.